The summed E-state index contributed by atoms with van der Waals surface area (Å²) in [5, 5.41) is 9.56. The van der Waals surface area contributed by atoms with E-state index in [0.29, 0.717) is 37.5 Å². The van der Waals surface area contributed by atoms with E-state index in [-0.39, 0.29) is 24.3 Å². The van der Waals surface area contributed by atoms with E-state index < -0.39 is 11.6 Å². The molecule has 1 N–H and O–H groups in total. The number of carbonyl (C=O) groups is 2. The summed E-state index contributed by atoms with van der Waals surface area (Å²) < 4.78 is 13.0. The summed E-state index contributed by atoms with van der Waals surface area (Å²) in [6.45, 7) is 9.28. The van der Waals surface area contributed by atoms with E-state index >= 15 is 0 Å². The van der Waals surface area contributed by atoms with E-state index in [1.165, 1.54) is 0 Å². The number of rotatable bonds is 5. The molecule has 0 amide bonds. The van der Waals surface area contributed by atoms with Crippen molar-refractivity contribution in [2.24, 2.45) is 0 Å². The van der Waals surface area contributed by atoms with Crippen LogP contribution in [0.25, 0.3) is 5.65 Å². The van der Waals surface area contributed by atoms with Crippen molar-refractivity contribution in [2.45, 2.75) is 45.8 Å². The second kappa shape index (κ2) is 7.89. The average Bonchev–Trinajstić information content (AvgIpc) is 2.91. The minimum absolute atomic E-state index is 0.0402. The smallest absolute Gasteiger partial charge is 0.356 e. The highest BCUT2D eigenvalue weighted by atomic mass is 16.6. The van der Waals surface area contributed by atoms with Crippen molar-refractivity contribution in [3.63, 3.8) is 0 Å². The highest BCUT2D eigenvalue weighted by Crippen LogP contribution is 2.19. The van der Waals surface area contributed by atoms with Crippen molar-refractivity contribution in [3.05, 3.63) is 35.3 Å². The maximum Gasteiger partial charge on any atom is 0.356 e. The lowest BCUT2D eigenvalue weighted by Gasteiger charge is -2.33. The summed E-state index contributed by atoms with van der Waals surface area (Å²) in [5.74, 6) is -1.33. The van der Waals surface area contributed by atoms with Gasteiger partial charge in [0, 0.05) is 25.7 Å². The number of morpholine rings is 1. The van der Waals surface area contributed by atoms with Gasteiger partial charge in [0.1, 0.15) is 11.2 Å². The lowest BCUT2D eigenvalue weighted by atomic mass is 10.1. The van der Waals surface area contributed by atoms with Gasteiger partial charge in [-0.25, -0.2) is 9.78 Å². The molecule has 8 heteroatoms. The second-order valence-corrected chi connectivity index (χ2v) is 8.16. The predicted molar refractivity (Wildman–Crippen MR) is 103 cm³/mol. The molecule has 0 spiro atoms. The number of esters is 1. The fourth-order valence-corrected chi connectivity index (χ4v) is 3.38. The van der Waals surface area contributed by atoms with Crippen LogP contribution in [0, 0.1) is 6.92 Å². The van der Waals surface area contributed by atoms with E-state index in [1.807, 2.05) is 50.9 Å². The van der Waals surface area contributed by atoms with Crippen LogP contribution >= 0.6 is 0 Å². The number of aromatic nitrogens is 2. The van der Waals surface area contributed by atoms with Crippen LogP contribution in [0.3, 0.4) is 0 Å². The fourth-order valence-electron chi connectivity index (χ4n) is 3.38. The molecule has 2 aromatic heterocycles. The molecule has 0 unspecified atom stereocenters. The van der Waals surface area contributed by atoms with Crippen LogP contribution in [0.15, 0.2) is 18.3 Å². The van der Waals surface area contributed by atoms with Gasteiger partial charge in [-0.3, -0.25) is 9.69 Å². The number of nitrogens with zero attached hydrogens (tertiary/aromatic N) is 3. The Morgan fingerprint density at radius 3 is 2.82 bits per heavy atom. The molecule has 28 heavy (non-hydrogen) atoms. The van der Waals surface area contributed by atoms with E-state index in [9.17, 15) is 14.7 Å². The van der Waals surface area contributed by atoms with Crippen LogP contribution in [0.2, 0.25) is 0 Å². The van der Waals surface area contributed by atoms with Gasteiger partial charge >= 0.3 is 11.9 Å². The summed E-state index contributed by atoms with van der Waals surface area (Å²) in [6.07, 6.45) is 2.01. The zero-order valence-electron chi connectivity index (χ0n) is 16.8. The molecule has 2 aromatic rings. The quantitative estimate of drug-likeness (QED) is 0.781. The zero-order valence-corrected chi connectivity index (χ0v) is 16.8. The molecular weight excluding hydrogens is 362 g/mol. The number of ether oxygens (including phenoxy) is 2. The molecule has 0 bridgehead atoms. The third-order valence-electron chi connectivity index (χ3n) is 4.50. The van der Waals surface area contributed by atoms with Crippen molar-refractivity contribution in [1.82, 2.24) is 14.3 Å². The van der Waals surface area contributed by atoms with Crippen LogP contribution < -0.4 is 0 Å². The SMILES string of the molecule is Cc1ccn2c(C[C@H]3CN(CC(=O)OC(C)(C)C)CCO3)c(C(=O)O)nc2c1. The Hall–Kier alpha value is -2.45. The van der Waals surface area contributed by atoms with Gasteiger partial charge in [0.15, 0.2) is 5.69 Å². The minimum Gasteiger partial charge on any atom is -0.476 e. The molecule has 8 nitrogen and oxygen atoms in total. The van der Waals surface area contributed by atoms with Crippen LogP contribution in [0.4, 0.5) is 0 Å². The number of aryl methyl sites for hydroxylation is 1. The van der Waals surface area contributed by atoms with Gasteiger partial charge in [-0.2, -0.15) is 0 Å². The van der Waals surface area contributed by atoms with Crippen LogP contribution in [-0.2, 0) is 20.7 Å². The molecule has 0 radical (unpaired) electrons. The highest BCUT2D eigenvalue weighted by Gasteiger charge is 2.28. The van der Waals surface area contributed by atoms with Gasteiger partial charge < -0.3 is 19.0 Å². The predicted octanol–water partition coefficient (Wildman–Crippen LogP) is 1.93. The van der Waals surface area contributed by atoms with Crippen LogP contribution in [0.1, 0.15) is 42.5 Å². The van der Waals surface area contributed by atoms with Gasteiger partial charge in [0.2, 0.25) is 0 Å². The van der Waals surface area contributed by atoms with Gasteiger partial charge in [-0.15, -0.1) is 0 Å². The van der Waals surface area contributed by atoms with Gasteiger partial charge in [-0.1, -0.05) is 0 Å². The molecule has 1 atom stereocenters. The number of hydrogen-bond acceptors (Lipinski definition) is 6. The molecule has 152 valence electrons. The third-order valence-corrected chi connectivity index (χ3v) is 4.50. The third kappa shape index (κ3) is 4.88. The molecule has 1 saturated heterocycles. The van der Waals surface area contributed by atoms with Gasteiger partial charge in [-0.05, 0) is 45.4 Å². The second-order valence-electron chi connectivity index (χ2n) is 8.16. The number of carboxylic acid groups (broad SMARTS) is 1. The molecule has 0 aliphatic carbocycles. The van der Waals surface area contributed by atoms with Crippen molar-refractivity contribution >= 4 is 17.6 Å². The number of aromatic carboxylic acids is 1. The standard InChI is InChI=1S/C20H27N3O5/c1-13-5-6-23-15(18(19(25)26)21-16(23)9-13)10-14-11-22(7-8-27-14)12-17(24)28-20(2,3)4/h5-6,9,14H,7-8,10-12H2,1-4H3,(H,25,26)/t14-/m0/s1. The molecule has 1 fully saturated rings. The summed E-state index contributed by atoms with van der Waals surface area (Å²) in [7, 11) is 0. The lowest BCUT2D eigenvalue weighted by Crippen LogP contribution is -2.46. The number of carboxylic acids is 1. The number of imidazole rings is 1. The topological polar surface area (TPSA) is 93.4 Å². The van der Waals surface area contributed by atoms with Crippen molar-refractivity contribution in [2.75, 3.05) is 26.2 Å². The molecular formula is C20H27N3O5. The monoisotopic (exact) mass is 389 g/mol. The fraction of sp³-hybridized carbons (Fsp3) is 0.550. The number of pyridine rings is 1. The van der Waals surface area contributed by atoms with E-state index in [0.717, 1.165) is 5.56 Å². The Morgan fingerprint density at radius 1 is 1.39 bits per heavy atom. The normalized spacial score (nSPS) is 18.4. The largest absolute Gasteiger partial charge is 0.476 e. The van der Waals surface area contributed by atoms with E-state index in [4.69, 9.17) is 9.47 Å². The molecule has 0 saturated carbocycles. The van der Waals surface area contributed by atoms with E-state index in [1.54, 1.807) is 4.40 Å². The van der Waals surface area contributed by atoms with Crippen LogP contribution in [0.5, 0.6) is 0 Å². The lowest BCUT2D eigenvalue weighted by molar-refractivity contribution is -0.157. The Bertz CT molecular complexity index is 884. The number of hydrogen-bond donors (Lipinski definition) is 1. The van der Waals surface area contributed by atoms with Crippen molar-refractivity contribution in [3.8, 4) is 0 Å². The Balaban J connectivity index is 1.74. The average molecular weight is 389 g/mol. The Labute approximate surface area is 164 Å². The summed E-state index contributed by atoms with van der Waals surface area (Å²) in [4.78, 5) is 30.0. The highest BCUT2D eigenvalue weighted by molar-refractivity contribution is 5.88. The maximum absolute atomic E-state index is 12.1. The summed E-state index contributed by atoms with van der Waals surface area (Å²) in [5.41, 5.74) is 1.74. The first-order chi connectivity index (χ1) is 13.1. The molecule has 3 rings (SSSR count). The number of carbonyl (C=O) groups excluding carboxylic acids is 1. The van der Waals surface area contributed by atoms with Gasteiger partial charge in [0.25, 0.3) is 0 Å². The number of fused-ring (bicyclic) bond motifs is 1. The maximum atomic E-state index is 12.1. The summed E-state index contributed by atoms with van der Waals surface area (Å²) >= 11 is 0. The molecule has 1 aliphatic rings. The van der Waals surface area contributed by atoms with Gasteiger partial charge in [0.05, 0.1) is 24.9 Å². The molecule has 0 aromatic carbocycles. The molecule has 1 aliphatic heterocycles. The Kier molecular flexibility index (Phi) is 5.71. The first-order valence-electron chi connectivity index (χ1n) is 9.39. The minimum atomic E-state index is -1.06. The molecule has 3 heterocycles. The van der Waals surface area contributed by atoms with Crippen molar-refractivity contribution in [1.29, 1.82) is 0 Å². The summed E-state index contributed by atoms with van der Waals surface area (Å²) in [6, 6.07) is 3.77. The first kappa shape index (κ1) is 20.3. The van der Waals surface area contributed by atoms with Crippen molar-refractivity contribution < 1.29 is 24.2 Å². The van der Waals surface area contributed by atoms with Crippen LogP contribution in [-0.4, -0.2) is 69.3 Å². The van der Waals surface area contributed by atoms with E-state index in [2.05, 4.69) is 4.98 Å². The Morgan fingerprint density at radius 2 is 2.14 bits per heavy atom. The zero-order chi connectivity index (χ0) is 20.5. The first-order valence-corrected chi connectivity index (χ1v) is 9.39.